The van der Waals surface area contributed by atoms with Crippen molar-refractivity contribution in [2.45, 2.75) is 12.8 Å². The van der Waals surface area contributed by atoms with Gasteiger partial charge in [-0.3, -0.25) is 10.1 Å². The smallest absolute Gasteiger partial charge is 0.269 e. The Morgan fingerprint density at radius 1 is 1.00 bits per heavy atom. The maximum absolute atomic E-state index is 11.1. The molecule has 1 aliphatic heterocycles. The molecule has 6 nitrogen and oxygen atoms in total. The van der Waals surface area contributed by atoms with Crippen molar-refractivity contribution in [2.75, 3.05) is 42.5 Å². The van der Waals surface area contributed by atoms with Gasteiger partial charge >= 0.3 is 0 Å². The highest BCUT2D eigenvalue weighted by Crippen LogP contribution is 2.28. The van der Waals surface area contributed by atoms with E-state index in [9.17, 15) is 10.1 Å². The number of nitro benzene ring substituents is 1. The van der Waals surface area contributed by atoms with Gasteiger partial charge in [0.2, 0.25) is 0 Å². The molecule has 25 heavy (non-hydrogen) atoms. The highest BCUT2D eigenvalue weighted by molar-refractivity contribution is 5.59. The number of para-hydroxylation sites is 1. The molecule has 1 aliphatic rings. The third-order valence-electron chi connectivity index (χ3n) is 4.67. The highest BCUT2D eigenvalue weighted by Gasteiger charge is 2.21. The van der Waals surface area contributed by atoms with Gasteiger partial charge in [-0.15, -0.1) is 0 Å². The fourth-order valence-corrected chi connectivity index (χ4v) is 3.33. The second-order valence-electron chi connectivity index (χ2n) is 6.27. The number of nitro groups is 1. The summed E-state index contributed by atoms with van der Waals surface area (Å²) in [5, 5.41) is 11.1. The largest absolute Gasteiger partial charge is 0.368 e. The van der Waals surface area contributed by atoms with Crippen molar-refractivity contribution in [3.05, 3.63) is 64.2 Å². The molecule has 0 bridgehead atoms. The van der Waals surface area contributed by atoms with E-state index in [1.165, 1.54) is 5.69 Å². The molecule has 3 rings (SSSR count). The predicted molar refractivity (Wildman–Crippen MR) is 101 cm³/mol. The zero-order valence-corrected chi connectivity index (χ0v) is 14.3. The topological polar surface area (TPSA) is 75.6 Å². The number of hydrogen-bond acceptors (Lipinski definition) is 5. The number of nitrogens with two attached hydrogens (primary N) is 1. The van der Waals surface area contributed by atoms with E-state index in [2.05, 4.69) is 34.1 Å². The Labute approximate surface area is 148 Å². The lowest BCUT2D eigenvalue weighted by Gasteiger charge is -2.38. The van der Waals surface area contributed by atoms with Crippen LogP contribution in [0.1, 0.15) is 12.0 Å². The van der Waals surface area contributed by atoms with Gasteiger partial charge in [-0.05, 0) is 43.1 Å². The Kier molecular flexibility index (Phi) is 5.50. The zero-order chi connectivity index (χ0) is 17.6. The van der Waals surface area contributed by atoms with Crippen LogP contribution in [0.4, 0.5) is 17.1 Å². The SMILES string of the molecule is NCCCc1cc([N+](=O)[O-])ccc1N1CCN(c2ccccc2)CC1. The molecular weight excluding hydrogens is 316 g/mol. The minimum Gasteiger partial charge on any atom is -0.368 e. The van der Waals surface area contributed by atoms with E-state index < -0.39 is 0 Å². The molecule has 0 saturated carbocycles. The number of anilines is 2. The fraction of sp³-hybridized carbons (Fsp3) is 0.368. The monoisotopic (exact) mass is 340 g/mol. The molecular formula is C19H24N4O2. The van der Waals surface area contributed by atoms with Crippen LogP contribution in [0.5, 0.6) is 0 Å². The van der Waals surface area contributed by atoms with Gasteiger partial charge in [0.15, 0.2) is 0 Å². The Hall–Kier alpha value is -2.60. The molecule has 132 valence electrons. The van der Waals surface area contributed by atoms with Gasteiger partial charge in [0.1, 0.15) is 0 Å². The van der Waals surface area contributed by atoms with Crippen LogP contribution in [0.15, 0.2) is 48.5 Å². The number of nitrogens with zero attached hydrogens (tertiary/aromatic N) is 3. The summed E-state index contributed by atoms with van der Waals surface area (Å²) < 4.78 is 0. The van der Waals surface area contributed by atoms with E-state index in [-0.39, 0.29) is 10.6 Å². The van der Waals surface area contributed by atoms with Crippen molar-refractivity contribution >= 4 is 17.1 Å². The minimum atomic E-state index is -0.330. The van der Waals surface area contributed by atoms with Gasteiger partial charge in [-0.2, -0.15) is 0 Å². The van der Waals surface area contributed by atoms with E-state index in [0.29, 0.717) is 6.54 Å². The lowest BCUT2D eigenvalue weighted by molar-refractivity contribution is -0.384. The number of aryl methyl sites for hydroxylation is 1. The van der Waals surface area contributed by atoms with Crippen LogP contribution >= 0.6 is 0 Å². The Bertz CT molecular complexity index is 713. The number of piperazine rings is 1. The first-order valence-corrected chi connectivity index (χ1v) is 8.71. The maximum atomic E-state index is 11.1. The first-order valence-electron chi connectivity index (χ1n) is 8.71. The number of non-ortho nitro benzene ring substituents is 1. The summed E-state index contributed by atoms with van der Waals surface area (Å²) in [5.74, 6) is 0. The molecule has 0 aromatic heterocycles. The van der Waals surface area contributed by atoms with Crippen LogP contribution in [-0.2, 0) is 6.42 Å². The summed E-state index contributed by atoms with van der Waals surface area (Å²) in [6.45, 7) is 4.28. The normalized spacial score (nSPS) is 14.6. The van der Waals surface area contributed by atoms with E-state index >= 15 is 0 Å². The van der Waals surface area contributed by atoms with E-state index in [0.717, 1.165) is 50.3 Å². The van der Waals surface area contributed by atoms with Crippen molar-refractivity contribution < 1.29 is 4.92 Å². The molecule has 6 heteroatoms. The van der Waals surface area contributed by atoms with Gasteiger partial charge < -0.3 is 15.5 Å². The molecule has 2 aromatic carbocycles. The Morgan fingerprint density at radius 2 is 1.68 bits per heavy atom. The highest BCUT2D eigenvalue weighted by atomic mass is 16.6. The molecule has 0 aliphatic carbocycles. The maximum Gasteiger partial charge on any atom is 0.269 e. The van der Waals surface area contributed by atoms with Crippen LogP contribution < -0.4 is 15.5 Å². The van der Waals surface area contributed by atoms with Crippen molar-refractivity contribution in [2.24, 2.45) is 5.73 Å². The fourth-order valence-electron chi connectivity index (χ4n) is 3.33. The van der Waals surface area contributed by atoms with E-state index in [4.69, 9.17) is 5.73 Å². The molecule has 0 spiro atoms. The lowest BCUT2D eigenvalue weighted by atomic mass is 10.0. The molecule has 0 radical (unpaired) electrons. The average Bonchev–Trinajstić information content (AvgIpc) is 2.67. The first kappa shape index (κ1) is 17.2. The summed E-state index contributed by atoms with van der Waals surface area (Å²) in [7, 11) is 0. The summed E-state index contributed by atoms with van der Waals surface area (Å²) in [4.78, 5) is 15.4. The van der Waals surface area contributed by atoms with Crippen molar-refractivity contribution in [3.63, 3.8) is 0 Å². The lowest BCUT2D eigenvalue weighted by Crippen LogP contribution is -2.46. The average molecular weight is 340 g/mol. The Balaban J connectivity index is 1.74. The third-order valence-corrected chi connectivity index (χ3v) is 4.67. The number of benzene rings is 2. The van der Waals surface area contributed by atoms with Crippen LogP contribution in [0, 0.1) is 10.1 Å². The van der Waals surface area contributed by atoms with Crippen molar-refractivity contribution in [1.29, 1.82) is 0 Å². The second kappa shape index (κ2) is 7.98. The molecule has 0 atom stereocenters. The van der Waals surface area contributed by atoms with Crippen LogP contribution in [-0.4, -0.2) is 37.6 Å². The summed E-state index contributed by atoms with van der Waals surface area (Å²) >= 11 is 0. The van der Waals surface area contributed by atoms with Crippen LogP contribution in [0.25, 0.3) is 0 Å². The van der Waals surface area contributed by atoms with E-state index in [1.54, 1.807) is 12.1 Å². The number of hydrogen-bond donors (Lipinski definition) is 1. The zero-order valence-electron chi connectivity index (χ0n) is 14.3. The van der Waals surface area contributed by atoms with Crippen LogP contribution in [0.3, 0.4) is 0 Å². The van der Waals surface area contributed by atoms with Gasteiger partial charge in [0, 0.05) is 49.7 Å². The van der Waals surface area contributed by atoms with Gasteiger partial charge in [0.25, 0.3) is 5.69 Å². The van der Waals surface area contributed by atoms with Gasteiger partial charge in [0.05, 0.1) is 4.92 Å². The quantitative estimate of drug-likeness (QED) is 0.646. The van der Waals surface area contributed by atoms with Crippen molar-refractivity contribution in [1.82, 2.24) is 0 Å². The second-order valence-corrected chi connectivity index (χ2v) is 6.27. The molecule has 1 heterocycles. The third kappa shape index (κ3) is 4.09. The molecule has 0 amide bonds. The summed E-state index contributed by atoms with van der Waals surface area (Å²) in [5.41, 5.74) is 9.15. The molecule has 2 N–H and O–H groups in total. The predicted octanol–water partition coefficient (Wildman–Crippen LogP) is 2.81. The molecule has 2 aromatic rings. The molecule has 0 unspecified atom stereocenters. The van der Waals surface area contributed by atoms with E-state index in [1.807, 2.05) is 12.1 Å². The summed E-state index contributed by atoms with van der Waals surface area (Å²) in [6, 6.07) is 15.6. The standard InChI is InChI=1S/C19H24N4O2/c20-10-4-5-16-15-18(23(24)25)8-9-19(16)22-13-11-21(12-14-22)17-6-2-1-3-7-17/h1-3,6-9,15H,4-5,10-14,20H2. The first-order chi connectivity index (χ1) is 12.2. The van der Waals surface area contributed by atoms with Gasteiger partial charge in [-0.25, -0.2) is 0 Å². The number of rotatable bonds is 6. The molecule has 1 saturated heterocycles. The van der Waals surface area contributed by atoms with Gasteiger partial charge in [-0.1, -0.05) is 18.2 Å². The van der Waals surface area contributed by atoms with Crippen molar-refractivity contribution in [3.8, 4) is 0 Å². The minimum absolute atomic E-state index is 0.152. The molecule has 1 fully saturated rings. The Morgan fingerprint density at radius 3 is 2.32 bits per heavy atom. The van der Waals surface area contributed by atoms with Crippen LogP contribution in [0.2, 0.25) is 0 Å². The summed E-state index contributed by atoms with van der Waals surface area (Å²) in [6.07, 6.45) is 1.60.